The van der Waals surface area contributed by atoms with Crippen molar-refractivity contribution >= 4 is 10.0 Å². The molecule has 0 aromatic rings. The number of sulfonamides is 1. The Morgan fingerprint density at radius 2 is 2.00 bits per heavy atom. The molecule has 0 aromatic carbocycles. The van der Waals surface area contributed by atoms with Crippen LogP contribution < -0.4 is 4.72 Å². The molecule has 0 rings (SSSR count). The van der Waals surface area contributed by atoms with E-state index in [9.17, 15) is 8.42 Å². The van der Waals surface area contributed by atoms with E-state index >= 15 is 0 Å². The van der Waals surface area contributed by atoms with Gasteiger partial charge < -0.3 is 0 Å². The molecule has 5 heteroatoms. The Kier molecular flexibility index (Phi) is 4.96. The third kappa shape index (κ3) is 4.25. The van der Waals surface area contributed by atoms with E-state index in [0.29, 0.717) is 13.0 Å². The minimum absolute atomic E-state index is 0.256. The summed E-state index contributed by atoms with van der Waals surface area (Å²) in [4.78, 5) is 0. The highest BCUT2D eigenvalue weighted by Crippen LogP contribution is 2.03. The molecule has 0 amide bonds. The second-order valence-corrected chi connectivity index (χ2v) is 5.26. The average molecular weight is 204 g/mol. The molecule has 0 fully saturated rings. The molecule has 0 spiro atoms. The van der Waals surface area contributed by atoms with Crippen LogP contribution in [0.2, 0.25) is 0 Å². The molecule has 0 saturated heterocycles. The SMILES string of the molecule is CCC(C#N)S(=O)(=O)NCC(C)C. The number of rotatable bonds is 5. The molecule has 0 bridgehead atoms. The molecule has 0 saturated carbocycles. The molecule has 0 aliphatic rings. The minimum atomic E-state index is -3.43. The Balaban J connectivity index is 4.33. The van der Waals surface area contributed by atoms with Crippen LogP contribution in [0, 0.1) is 17.2 Å². The van der Waals surface area contributed by atoms with Crippen molar-refractivity contribution in [2.45, 2.75) is 32.4 Å². The predicted molar refractivity (Wildman–Crippen MR) is 51.5 cm³/mol. The van der Waals surface area contributed by atoms with Gasteiger partial charge in [-0.2, -0.15) is 5.26 Å². The van der Waals surface area contributed by atoms with Gasteiger partial charge in [0.1, 0.15) is 0 Å². The van der Waals surface area contributed by atoms with Gasteiger partial charge in [0.2, 0.25) is 10.0 Å². The maximum Gasteiger partial charge on any atom is 0.227 e. The quantitative estimate of drug-likeness (QED) is 0.722. The summed E-state index contributed by atoms with van der Waals surface area (Å²) < 4.78 is 25.1. The van der Waals surface area contributed by atoms with E-state index in [2.05, 4.69) is 4.72 Å². The van der Waals surface area contributed by atoms with Crippen molar-refractivity contribution in [3.63, 3.8) is 0 Å². The Bertz CT molecular complexity index is 277. The molecule has 13 heavy (non-hydrogen) atoms. The fourth-order valence-electron chi connectivity index (χ4n) is 0.764. The van der Waals surface area contributed by atoms with Crippen molar-refractivity contribution in [2.75, 3.05) is 6.54 Å². The standard InChI is InChI=1S/C8H16N2O2S/c1-4-8(5-9)13(11,12)10-6-7(2)3/h7-8,10H,4,6H2,1-3H3. The maximum absolute atomic E-state index is 11.4. The molecular weight excluding hydrogens is 188 g/mol. The summed E-state index contributed by atoms with van der Waals surface area (Å²) in [7, 11) is -3.43. The van der Waals surface area contributed by atoms with Gasteiger partial charge in [-0.25, -0.2) is 13.1 Å². The highest BCUT2D eigenvalue weighted by atomic mass is 32.2. The molecule has 1 atom stereocenters. The van der Waals surface area contributed by atoms with Gasteiger partial charge in [-0.15, -0.1) is 0 Å². The lowest BCUT2D eigenvalue weighted by Crippen LogP contribution is -2.35. The molecule has 4 nitrogen and oxygen atoms in total. The molecule has 76 valence electrons. The fourth-order valence-corrected chi connectivity index (χ4v) is 2.11. The molecule has 0 aliphatic carbocycles. The molecule has 1 unspecified atom stereocenters. The van der Waals surface area contributed by atoms with Gasteiger partial charge in [0.05, 0.1) is 6.07 Å². The molecular formula is C8H16N2O2S. The Morgan fingerprint density at radius 1 is 1.46 bits per heavy atom. The number of hydrogen-bond donors (Lipinski definition) is 1. The van der Waals surface area contributed by atoms with Crippen LogP contribution >= 0.6 is 0 Å². The first-order chi connectivity index (χ1) is 5.94. The highest BCUT2D eigenvalue weighted by molar-refractivity contribution is 7.90. The van der Waals surface area contributed by atoms with Gasteiger partial charge in [-0.1, -0.05) is 20.8 Å². The summed E-state index contributed by atoms with van der Waals surface area (Å²) in [5.74, 6) is 0.256. The van der Waals surface area contributed by atoms with Crippen LogP contribution in [0.5, 0.6) is 0 Å². The monoisotopic (exact) mass is 204 g/mol. The van der Waals surface area contributed by atoms with E-state index in [1.807, 2.05) is 13.8 Å². The molecule has 0 aliphatic heterocycles. The van der Waals surface area contributed by atoms with E-state index in [1.165, 1.54) is 0 Å². The van der Waals surface area contributed by atoms with Crippen molar-refractivity contribution < 1.29 is 8.42 Å². The highest BCUT2D eigenvalue weighted by Gasteiger charge is 2.22. The molecule has 1 N–H and O–H groups in total. The van der Waals surface area contributed by atoms with Gasteiger partial charge >= 0.3 is 0 Å². The van der Waals surface area contributed by atoms with Crippen LogP contribution in [-0.2, 0) is 10.0 Å². The van der Waals surface area contributed by atoms with Gasteiger partial charge in [0.25, 0.3) is 0 Å². The zero-order valence-corrected chi connectivity index (χ0v) is 9.06. The maximum atomic E-state index is 11.4. The summed E-state index contributed by atoms with van der Waals surface area (Å²) >= 11 is 0. The predicted octanol–water partition coefficient (Wildman–Crippen LogP) is 0.864. The summed E-state index contributed by atoms with van der Waals surface area (Å²) in [6.45, 7) is 5.90. The summed E-state index contributed by atoms with van der Waals surface area (Å²) in [5, 5.41) is 7.63. The first-order valence-corrected chi connectivity index (χ1v) is 5.86. The van der Waals surface area contributed by atoms with Crippen molar-refractivity contribution in [1.29, 1.82) is 5.26 Å². The van der Waals surface area contributed by atoms with Crippen LogP contribution in [0.1, 0.15) is 27.2 Å². The zero-order valence-electron chi connectivity index (χ0n) is 8.24. The first kappa shape index (κ1) is 12.4. The Labute approximate surface area is 80.0 Å². The second-order valence-electron chi connectivity index (χ2n) is 3.31. The Morgan fingerprint density at radius 3 is 2.31 bits per heavy atom. The largest absolute Gasteiger partial charge is 0.227 e. The second kappa shape index (κ2) is 5.20. The summed E-state index contributed by atoms with van der Waals surface area (Å²) in [6, 6.07) is 1.77. The third-order valence-electron chi connectivity index (χ3n) is 1.58. The number of nitrogens with one attached hydrogen (secondary N) is 1. The van der Waals surface area contributed by atoms with E-state index in [4.69, 9.17) is 5.26 Å². The van der Waals surface area contributed by atoms with Crippen molar-refractivity contribution in [3.8, 4) is 6.07 Å². The van der Waals surface area contributed by atoms with Crippen molar-refractivity contribution in [2.24, 2.45) is 5.92 Å². The smallest absolute Gasteiger partial charge is 0.214 e. The van der Waals surface area contributed by atoms with E-state index in [0.717, 1.165) is 0 Å². The fraction of sp³-hybridized carbons (Fsp3) is 0.875. The lowest BCUT2D eigenvalue weighted by atomic mass is 10.2. The van der Waals surface area contributed by atoms with Gasteiger partial charge in [0, 0.05) is 6.54 Å². The lowest BCUT2D eigenvalue weighted by Gasteiger charge is -2.11. The van der Waals surface area contributed by atoms with E-state index in [1.54, 1.807) is 13.0 Å². The third-order valence-corrected chi connectivity index (χ3v) is 3.34. The van der Waals surface area contributed by atoms with Crippen LogP contribution in [0.3, 0.4) is 0 Å². The van der Waals surface area contributed by atoms with Gasteiger partial charge in [0.15, 0.2) is 5.25 Å². The number of hydrogen-bond acceptors (Lipinski definition) is 3. The topological polar surface area (TPSA) is 70.0 Å². The lowest BCUT2D eigenvalue weighted by molar-refractivity contribution is 0.553. The van der Waals surface area contributed by atoms with Crippen LogP contribution in [-0.4, -0.2) is 20.2 Å². The average Bonchev–Trinajstić information content (AvgIpc) is 2.03. The van der Waals surface area contributed by atoms with Gasteiger partial charge in [-0.3, -0.25) is 0 Å². The minimum Gasteiger partial charge on any atom is -0.214 e. The molecule has 0 aromatic heterocycles. The molecule has 0 heterocycles. The van der Waals surface area contributed by atoms with Crippen molar-refractivity contribution in [3.05, 3.63) is 0 Å². The van der Waals surface area contributed by atoms with Crippen LogP contribution in [0.15, 0.2) is 0 Å². The van der Waals surface area contributed by atoms with E-state index in [-0.39, 0.29) is 5.92 Å². The van der Waals surface area contributed by atoms with Crippen LogP contribution in [0.25, 0.3) is 0 Å². The zero-order chi connectivity index (χ0) is 10.5. The summed E-state index contributed by atoms with van der Waals surface area (Å²) in [6.07, 6.45) is 0.323. The normalized spacial score (nSPS) is 14.1. The van der Waals surface area contributed by atoms with Crippen LogP contribution in [0.4, 0.5) is 0 Å². The number of nitrogens with zero attached hydrogens (tertiary/aromatic N) is 1. The number of nitriles is 1. The van der Waals surface area contributed by atoms with Gasteiger partial charge in [-0.05, 0) is 12.3 Å². The Hall–Kier alpha value is -0.600. The van der Waals surface area contributed by atoms with Crippen molar-refractivity contribution in [1.82, 2.24) is 4.72 Å². The van der Waals surface area contributed by atoms with E-state index < -0.39 is 15.3 Å². The molecule has 0 radical (unpaired) electrons. The first-order valence-electron chi connectivity index (χ1n) is 4.32. The summed E-state index contributed by atoms with van der Waals surface area (Å²) in [5.41, 5.74) is 0.